The summed E-state index contributed by atoms with van der Waals surface area (Å²) in [6.45, 7) is 1.13. The van der Waals surface area contributed by atoms with E-state index in [9.17, 15) is 13.2 Å². The van der Waals surface area contributed by atoms with Crippen molar-refractivity contribution in [2.24, 2.45) is 12.8 Å². The first-order valence-electron chi connectivity index (χ1n) is 7.00. The van der Waals surface area contributed by atoms with Gasteiger partial charge in [0, 0.05) is 32.4 Å². The van der Waals surface area contributed by atoms with Gasteiger partial charge in [-0.2, -0.15) is 4.31 Å². The van der Waals surface area contributed by atoms with Crippen LogP contribution in [0.25, 0.3) is 0 Å². The van der Waals surface area contributed by atoms with Gasteiger partial charge >= 0.3 is 0 Å². The van der Waals surface area contributed by atoms with Gasteiger partial charge in [-0.15, -0.1) is 0 Å². The standard InChI is InChI=1S/C13H22N4O3S/c1-15-8-10-5-3-4-6-17(10)21(19,20)11-7-12(13(14)18)16(2)9-11/h7,9-10,15H,3-6,8H2,1-2H3,(H2,14,18). The average Bonchev–Trinajstić information content (AvgIpc) is 2.82. The Morgan fingerprint density at radius 2 is 2.19 bits per heavy atom. The third kappa shape index (κ3) is 3.12. The first-order valence-corrected chi connectivity index (χ1v) is 8.44. The van der Waals surface area contributed by atoms with Crippen LogP contribution in [0.3, 0.4) is 0 Å². The zero-order valence-corrected chi connectivity index (χ0v) is 13.2. The molecule has 1 atom stereocenters. The second-order valence-electron chi connectivity index (χ2n) is 5.36. The van der Waals surface area contributed by atoms with Crippen LogP contribution in [-0.2, 0) is 17.1 Å². The molecule has 0 spiro atoms. The Hall–Kier alpha value is -1.38. The molecule has 0 aliphatic carbocycles. The van der Waals surface area contributed by atoms with Crippen molar-refractivity contribution in [3.05, 3.63) is 18.0 Å². The summed E-state index contributed by atoms with van der Waals surface area (Å²) in [7, 11) is -0.180. The second kappa shape index (κ2) is 6.17. The summed E-state index contributed by atoms with van der Waals surface area (Å²) in [6.07, 6.45) is 4.17. The molecule has 2 heterocycles. The maximum atomic E-state index is 12.8. The first-order chi connectivity index (χ1) is 9.87. The number of aryl methyl sites for hydroxylation is 1. The van der Waals surface area contributed by atoms with Crippen LogP contribution in [0, 0.1) is 0 Å². The van der Waals surface area contributed by atoms with Crippen molar-refractivity contribution in [3.63, 3.8) is 0 Å². The van der Waals surface area contributed by atoms with Gasteiger partial charge in [0.15, 0.2) is 0 Å². The van der Waals surface area contributed by atoms with Crippen LogP contribution in [0.5, 0.6) is 0 Å². The first kappa shape index (κ1) is 16.0. The van der Waals surface area contributed by atoms with Crippen LogP contribution in [-0.4, -0.2) is 49.4 Å². The van der Waals surface area contributed by atoms with Crippen LogP contribution < -0.4 is 11.1 Å². The van der Waals surface area contributed by atoms with Crippen molar-refractivity contribution < 1.29 is 13.2 Å². The molecule has 0 saturated carbocycles. The molecule has 1 saturated heterocycles. The Labute approximate surface area is 125 Å². The lowest BCUT2D eigenvalue weighted by atomic mass is 10.1. The van der Waals surface area contributed by atoms with Gasteiger partial charge in [0.25, 0.3) is 5.91 Å². The topological polar surface area (TPSA) is 97.4 Å². The summed E-state index contributed by atoms with van der Waals surface area (Å²) >= 11 is 0. The third-order valence-electron chi connectivity index (χ3n) is 3.85. The average molecular weight is 314 g/mol. The van der Waals surface area contributed by atoms with Crippen LogP contribution in [0.15, 0.2) is 17.2 Å². The van der Waals surface area contributed by atoms with Crippen LogP contribution in [0.1, 0.15) is 29.8 Å². The third-order valence-corrected chi connectivity index (χ3v) is 5.77. The van der Waals surface area contributed by atoms with E-state index < -0.39 is 15.9 Å². The summed E-state index contributed by atoms with van der Waals surface area (Å²) in [5, 5.41) is 3.04. The molecule has 1 aromatic rings. The number of piperidine rings is 1. The SMILES string of the molecule is CNCC1CCCCN1S(=O)(=O)c1cc(C(N)=O)n(C)c1. The molecule has 118 valence electrons. The van der Waals surface area contributed by atoms with Crippen LogP contribution in [0.2, 0.25) is 0 Å². The molecule has 1 aliphatic heterocycles. The molecule has 8 heteroatoms. The monoisotopic (exact) mass is 314 g/mol. The van der Waals surface area contributed by atoms with Gasteiger partial charge in [-0.3, -0.25) is 4.79 Å². The highest BCUT2D eigenvalue weighted by atomic mass is 32.2. The molecule has 7 nitrogen and oxygen atoms in total. The number of aromatic nitrogens is 1. The lowest BCUT2D eigenvalue weighted by Crippen LogP contribution is -2.47. The van der Waals surface area contributed by atoms with E-state index >= 15 is 0 Å². The maximum Gasteiger partial charge on any atom is 0.265 e. The Morgan fingerprint density at radius 3 is 2.76 bits per heavy atom. The van der Waals surface area contributed by atoms with Gasteiger partial charge in [-0.25, -0.2) is 8.42 Å². The fourth-order valence-electron chi connectivity index (χ4n) is 2.79. The minimum absolute atomic E-state index is 0.0500. The van der Waals surface area contributed by atoms with Gasteiger partial charge in [0.2, 0.25) is 10.0 Å². The van der Waals surface area contributed by atoms with E-state index in [2.05, 4.69) is 5.32 Å². The zero-order chi connectivity index (χ0) is 15.6. The number of sulfonamides is 1. The molecular formula is C13H22N4O3S. The molecular weight excluding hydrogens is 292 g/mol. The van der Waals surface area contributed by atoms with Gasteiger partial charge in [0.1, 0.15) is 10.6 Å². The second-order valence-corrected chi connectivity index (χ2v) is 7.25. The molecule has 1 fully saturated rings. The van der Waals surface area contributed by atoms with Crippen LogP contribution in [0.4, 0.5) is 0 Å². The van der Waals surface area contributed by atoms with Crippen molar-refractivity contribution in [1.29, 1.82) is 0 Å². The minimum atomic E-state index is -3.60. The highest BCUT2D eigenvalue weighted by Crippen LogP contribution is 2.26. The molecule has 1 amide bonds. The van der Waals surface area contributed by atoms with Gasteiger partial charge in [-0.05, 0) is 26.0 Å². The fourth-order valence-corrected chi connectivity index (χ4v) is 4.55. The number of rotatable bonds is 5. The van der Waals surface area contributed by atoms with Crippen LogP contribution >= 0.6 is 0 Å². The Morgan fingerprint density at radius 1 is 1.48 bits per heavy atom. The quantitative estimate of drug-likeness (QED) is 0.792. The Kier molecular flexibility index (Phi) is 4.70. The van der Waals surface area contributed by atoms with Gasteiger partial charge in [-0.1, -0.05) is 6.42 Å². The number of amides is 1. The van der Waals surface area contributed by atoms with E-state index in [1.165, 1.54) is 21.1 Å². The predicted octanol–water partition coefficient (Wildman–Crippen LogP) is -0.113. The molecule has 1 aliphatic rings. The van der Waals surface area contributed by atoms with E-state index in [0.717, 1.165) is 19.3 Å². The highest BCUT2D eigenvalue weighted by Gasteiger charge is 2.34. The molecule has 21 heavy (non-hydrogen) atoms. The summed E-state index contributed by atoms with van der Waals surface area (Å²) in [4.78, 5) is 11.4. The number of likely N-dealkylation sites (N-methyl/N-ethyl adjacent to an activating group) is 1. The number of nitrogens with one attached hydrogen (secondary N) is 1. The van der Waals surface area contributed by atoms with Crippen molar-refractivity contribution in [2.75, 3.05) is 20.1 Å². The predicted molar refractivity (Wildman–Crippen MR) is 79.4 cm³/mol. The fraction of sp³-hybridized carbons (Fsp3) is 0.615. The lowest BCUT2D eigenvalue weighted by molar-refractivity contribution is 0.0992. The highest BCUT2D eigenvalue weighted by molar-refractivity contribution is 7.89. The Bertz CT molecular complexity index is 621. The van der Waals surface area contributed by atoms with Crippen molar-refractivity contribution in [1.82, 2.24) is 14.2 Å². The number of nitrogens with zero attached hydrogens (tertiary/aromatic N) is 2. The molecule has 2 rings (SSSR count). The molecule has 0 bridgehead atoms. The van der Waals surface area contributed by atoms with Gasteiger partial charge in [0.05, 0.1) is 0 Å². The largest absolute Gasteiger partial charge is 0.364 e. The number of primary amides is 1. The minimum Gasteiger partial charge on any atom is -0.364 e. The Balaban J connectivity index is 2.36. The summed E-state index contributed by atoms with van der Waals surface area (Å²) in [5.74, 6) is -0.635. The normalized spacial score (nSPS) is 20.6. The maximum absolute atomic E-state index is 12.8. The number of carbonyl (C=O) groups is 1. The molecule has 1 unspecified atom stereocenters. The van der Waals surface area contributed by atoms with E-state index in [4.69, 9.17) is 5.73 Å². The number of hydrogen-bond acceptors (Lipinski definition) is 4. The van der Waals surface area contributed by atoms with E-state index in [1.807, 2.05) is 7.05 Å². The number of nitrogens with two attached hydrogens (primary N) is 1. The number of carbonyl (C=O) groups excluding carboxylic acids is 1. The molecule has 3 N–H and O–H groups in total. The molecule has 0 aromatic carbocycles. The van der Waals surface area contributed by atoms with E-state index in [-0.39, 0.29) is 16.6 Å². The van der Waals surface area contributed by atoms with Crippen molar-refractivity contribution in [2.45, 2.75) is 30.2 Å². The smallest absolute Gasteiger partial charge is 0.265 e. The molecule has 0 radical (unpaired) electrons. The lowest BCUT2D eigenvalue weighted by Gasteiger charge is -2.34. The van der Waals surface area contributed by atoms with E-state index in [0.29, 0.717) is 13.1 Å². The van der Waals surface area contributed by atoms with Crippen molar-refractivity contribution in [3.8, 4) is 0 Å². The van der Waals surface area contributed by atoms with Gasteiger partial charge < -0.3 is 15.6 Å². The summed E-state index contributed by atoms with van der Waals surface area (Å²) < 4.78 is 28.6. The summed E-state index contributed by atoms with van der Waals surface area (Å²) in [6, 6.07) is 1.30. The molecule has 1 aromatic heterocycles. The number of hydrogen-bond donors (Lipinski definition) is 2. The van der Waals surface area contributed by atoms with Crippen molar-refractivity contribution >= 4 is 15.9 Å². The zero-order valence-electron chi connectivity index (χ0n) is 12.4. The summed E-state index contributed by atoms with van der Waals surface area (Å²) in [5.41, 5.74) is 5.44. The van der Waals surface area contributed by atoms with E-state index in [1.54, 1.807) is 7.05 Å².